The second-order valence-corrected chi connectivity index (χ2v) is 6.35. The zero-order valence-corrected chi connectivity index (χ0v) is 12.4. The van der Waals surface area contributed by atoms with Crippen molar-refractivity contribution in [1.82, 2.24) is 5.32 Å². The number of benzene rings is 1. The van der Waals surface area contributed by atoms with Gasteiger partial charge >= 0.3 is 0 Å². The third-order valence-corrected chi connectivity index (χ3v) is 4.86. The van der Waals surface area contributed by atoms with Gasteiger partial charge < -0.3 is 10.1 Å². The molecular weight excluding hydrogens is 260 g/mol. The molecule has 0 spiro atoms. The van der Waals surface area contributed by atoms with Gasteiger partial charge in [0.1, 0.15) is 16.2 Å². The Labute approximate surface area is 117 Å². The van der Waals surface area contributed by atoms with E-state index in [-0.39, 0.29) is 11.8 Å². The number of hydrogen-bond donors (Lipinski definition) is 1. The average molecular weight is 278 g/mol. The summed E-state index contributed by atoms with van der Waals surface area (Å²) < 4.78 is 4.80. The van der Waals surface area contributed by atoms with Crippen LogP contribution in [0.25, 0.3) is 0 Å². The van der Waals surface area contributed by atoms with Gasteiger partial charge in [0.05, 0.1) is 7.11 Å². The third-order valence-electron chi connectivity index (χ3n) is 3.39. The van der Waals surface area contributed by atoms with Crippen molar-refractivity contribution in [1.29, 1.82) is 0 Å². The zero-order chi connectivity index (χ0) is 14.0. The van der Waals surface area contributed by atoms with E-state index < -0.39 is 4.75 Å². The predicted molar refractivity (Wildman–Crippen MR) is 79.1 cm³/mol. The lowest BCUT2D eigenvalue weighted by molar-refractivity contribution is -0.122. The molecule has 5 heteroatoms. The van der Waals surface area contributed by atoms with Gasteiger partial charge in [0.2, 0.25) is 5.91 Å². The van der Waals surface area contributed by atoms with Crippen LogP contribution in [-0.4, -0.2) is 22.9 Å². The summed E-state index contributed by atoms with van der Waals surface area (Å²) in [6, 6.07) is 7.50. The number of para-hydroxylation sites is 2. The number of amidine groups is 1. The van der Waals surface area contributed by atoms with Crippen LogP contribution in [0.1, 0.15) is 20.8 Å². The first kappa shape index (κ1) is 13.9. The molecular formula is C14H18N2O2S. The van der Waals surface area contributed by atoms with Gasteiger partial charge in [-0.15, -0.1) is 0 Å². The number of rotatable bonds is 3. The number of ether oxygens (including phenoxy) is 1. The molecule has 1 aliphatic heterocycles. The van der Waals surface area contributed by atoms with E-state index in [0.717, 1.165) is 5.69 Å². The lowest BCUT2D eigenvalue weighted by Gasteiger charge is -2.22. The number of carbonyl (C=O) groups is 1. The number of nitrogens with zero attached hydrogens (tertiary/aromatic N) is 1. The Hall–Kier alpha value is -1.49. The number of hydrogen-bond acceptors (Lipinski definition) is 4. The zero-order valence-electron chi connectivity index (χ0n) is 11.6. The Bertz CT molecular complexity index is 528. The third kappa shape index (κ3) is 2.61. The highest BCUT2D eigenvalue weighted by molar-refractivity contribution is 8.16. The Kier molecular flexibility index (Phi) is 3.85. The van der Waals surface area contributed by atoms with Gasteiger partial charge in [0.15, 0.2) is 5.17 Å². The molecule has 1 saturated heterocycles. The molecule has 0 aromatic heterocycles. The Morgan fingerprint density at radius 1 is 1.37 bits per heavy atom. The molecule has 1 N–H and O–H groups in total. The lowest BCUT2D eigenvalue weighted by Crippen LogP contribution is -2.38. The molecule has 1 aliphatic rings. The number of methoxy groups -OCH3 is 1. The molecule has 102 valence electrons. The molecule has 1 atom stereocenters. The smallest absolute Gasteiger partial charge is 0.242 e. The van der Waals surface area contributed by atoms with Crippen LogP contribution in [0, 0.1) is 5.92 Å². The van der Waals surface area contributed by atoms with Crippen LogP contribution in [0.4, 0.5) is 5.69 Å². The average Bonchev–Trinajstić information content (AvgIpc) is 2.66. The predicted octanol–water partition coefficient (Wildman–Crippen LogP) is 2.96. The van der Waals surface area contributed by atoms with E-state index in [2.05, 4.69) is 10.3 Å². The number of thioether (sulfide) groups is 1. The van der Waals surface area contributed by atoms with E-state index in [1.165, 1.54) is 11.8 Å². The van der Waals surface area contributed by atoms with Gasteiger partial charge in [-0.3, -0.25) is 4.79 Å². The molecule has 0 unspecified atom stereocenters. The second-order valence-electron chi connectivity index (χ2n) is 4.91. The second kappa shape index (κ2) is 5.25. The minimum absolute atomic E-state index is 0.0150. The van der Waals surface area contributed by atoms with Gasteiger partial charge in [-0.25, -0.2) is 4.99 Å². The summed E-state index contributed by atoms with van der Waals surface area (Å²) in [4.78, 5) is 16.5. The monoisotopic (exact) mass is 278 g/mol. The van der Waals surface area contributed by atoms with Gasteiger partial charge in [-0.1, -0.05) is 37.7 Å². The van der Waals surface area contributed by atoms with E-state index >= 15 is 0 Å². The van der Waals surface area contributed by atoms with E-state index in [1.807, 2.05) is 45.0 Å². The fourth-order valence-electron chi connectivity index (χ4n) is 1.76. The van der Waals surface area contributed by atoms with Crippen LogP contribution in [0.15, 0.2) is 29.3 Å². The van der Waals surface area contributed by atoms with Crippen molar-refractivity contribution in [2.45, 2.75) is 25.5 Å². The van der Waals surface area contributed by atoms with Crippen molar-refractivity contribution in [2.24, 2.45) is 10.9 Å². The highest BCUT2D eigenvalue weighted by Crippen LogP contribution is 2.39. The highest BCUT2D eigenvalue weighted by atomic mass is 32.2. The van der Waals surface area contributed by atoms with Crippen molar-refractivity contribution < 1.29 is 9.53 Å². The lowest BCUT2D eigenvalue weighted by atomic mass is 9.96. The van der Waals surface area contributed by atoms with Crippen LogP contribution in [0.2, 0.25) is 0 Å². The first-order chi connectivity index (χ1) is 8.97. The summed E-state index contributed by atoms with van der Waals surface area (Å²) >= 11 is 1.48. The fourth-order valence-corrected chi connectivity index (χ4v) is 2.83. The molecule has 4 nitrogen and oxygen atoms in total. The summed E-state index contributed by atoms with van der Waals surface area (Å²) in [7, 11) is 1.61. The molecule has 1 amide bonds. The molecule has 1 aromatic carbocycles. The van der Waals surface area contributed by atoms with Crippen LogP contribution >= 0.6 is 11.8 Å². The van der Waals surface area contributed by atoms with Crippen molar-refractivity contribution >= 4 is 28.5 Å². The summed E-state index contributed by atoms with van der Waals surface area (Å²) in [6.07, 6.45) is 0. The SMILES string of the molecule is COc1ccccc1N=C1NC(=O)[C@](C)(C(C)C)S1. The van der Waals surface area contributed by atoms with Gasteiger partial charge in [0, 0.05) is 0 Å². The summed E-state index contributed by atoms with van der Waals surface area (Å²) in [6.45, 7) is 6.03. The first-order valence-corrected chi connectivity index (χ1v) is 7.01. The van der Waals surface area contributed by atoms with Crippen molar-refractivity contribution in [2.75, 3.05) is 7.11 Å². The maximum absolute atomic E-state index is 12.0. The molecule has 1 fully saturated rings. The Morgan fingerprint density at radius 3 is 2.63 bits per heavy atom. The number of amides is 1. The van der Waals surface area contributed by atoms with E-state index in [9.17, 15) is 4.79 Å². The van der Waals surface area contributed by atoms with Crippen LogP contribution < -0.4 is 10.1 Å². The number of carbonyl (C=O) groups excluding carboxylic acids is 1. The van der Waals surface area contributed by atoms with E-state index in [0.29, 0.717) is 10.9 Å². The summed E-state index contributed by atoms with van der Waals surface area (Å²) in [5.74, 6) is 0.951. The molecule has 1 heterocycles. The van der Waals surface area contributed by atoms with Crippen molar-refractivity contribution in [3.8, 4) is 5.75 Å². The standard InChI is InChI=1S/C14H18N2O2S/c1-9(2)14(3)12(17)16-13(19-14)15-10-7-5-6-8-11(10)18-4/h5-9H,1-4H3,(H,15,16,17)/t14-/m0/s1. The summed E-state index contributed by atoms with van der Waals surface area (Å²) in [5, 5.41) is 3.47. The quantitative estimate of drug-likeness (QED) is 0.924. The van der Waals surface area contributed by atoms with Gasteiger partial charge in [-0.2, -0.15) is 0 Å². The topological polar surface area (TPSA) is 50.7 Å². The molecule has 19 heavy (non-hydrogen) atoms. The fraction of sp³-hybridized carbons (Fsp3) is 0.429. The van der Waals surface area contributed by atoms with Gasteiger partial charge in [-0.05, 0) is 25.0 Å². The van der Waals surface area contributed by atoms with Crippen LogP contribution in [0.3, 0.4) is 0 Å². The summed E-state index contributed by atoms with van der Waals surface area (Å²) in [5.41, 5.74) is 0.723. The van der Waals surface area contributed by atoms with Gasteiger partial charge in [0.25, 0.3) is 0 Å². The highest BCUT2D eigenvalue weighted by Gasteiger charge is 2.44. The molecule has 0 saturated carbocycles. The molecule has 0 radical (unpaired) electrons. The number of aliphatic imine (C=N–C) groups is 1. The Balaban J connectivity index is 2.30. The maximum atomic E-state index is 12.0. The molecule has 0 aliphatic carbocycles. The molecule has 0 bridgehead atoms. The minimum Gasteiger partial charge on any atom is -0.494 e. The maximum Gasteiger partial charge on any atom is 0.242 e. The largest absolute Gasteiger partial charge is 0.494 e. The van der Waals surface area contributed by atoms with Crippen molar-refractivity contribution in [3.63, 3.8) is 0 Å². The molecule has 2 rings (SSSR count). The minimum atomic E-state index is -0.457. The number of nitrogens with one attached hydrogen (secondary N) is 1. The van der Waals surface area contributed by atoms with E-state index in [4.69, 9.17) is 4.74 Å². The normalized spacial score (nSPS) is 24.9. The Morgan fingerprint density at radius 2 is 2.05 bits per heavy atom. The molecule has 1 aromatic rings. The van der Waals surface area contributed by atoms with Crippen molar-refractivity contribution in [3.05, 3.63) is 24.3 Å². The van der Waals surface area contributed by atoms with Crippen LogP contribution in [0.5, 0.6) is 5.75 Å². The van der Waals surface area contributed by atoms with Crippen LogP contribution in [-0.2, 0) is 4.79 Å². The first-order valence-electron chi connectivity index (χ1n) is 6.19. The van der Waals surface area contributed by atoms with E-state index in [1.54, 1.807) is 7.11 Å².